The summed E-state index contributed by atoms with van der Waals surface area (Å²) in [7, 11) is 0. The summed E-state index contributed by atoms with van der Waals surface area (Å²) in [5.74, 6) is 3.72. The number of carbonyl (C=O) groups is 1. The first kappa shape index (κ1) is 23.2. The standard InChI is InChI=1S/C26H33N5O2S/c1-15(2)10-20(32)14-30-12-19(13-30)18-6-7-21-22(11-18)33-9-8-23-24(21)28-26(34-23)25-27-17(5)29-31(25)16(3)4/h6-7,11,15-16,19H,8-10,12-14H2,1-5H3. The number of likely N-dealkylation sites (tertiary alicyclic amines) is 1. The highest BCUT2D eigenvalue weighted by Crippen LogP contribution is 2.42. The van der Waals surface area contributed by atoms with Crippen molar-refractivity contribution in [1.82, 2.24) is 24.6 Å². The van der Waals surface area contributed by atoms with Gasteiger partial charge in [0.15, 0.2) is 10.8 Å². The van der Waals surface area contributed by atoms with Crippen molar-refractivity contribution in [3.63, 3.8) is 0 Å². The second-order valence-electron chi connectivity index (χ2n) is 10.2. The Morgan fingerprint density at radius 2 is 2.00 bits per heavy atom. The lowest BCUT2D eigenvalue weighted by Gasteiger charge is -2.39. The number of aromatic nitrogens is 4. The molecule has 2 aliphatic heterocycles. The lowest BCUT2D eigenvalue weighted by atomic mass is 9.89. The Balaban J connectivity index is 1.36. The minimum atomic E-state index is 0.223. The van der Waals surface area contributed by atoms with Crippen LogP contribution in [0.15, 0.2) is 18.2 Å². The van der Waals surface area contributed by atoms with Crippen LogP contribution in [0.5, 0.6) is 5.75 Å². The van der Waals surface area contributed by atoms with E-state index in [1.54, 1.807) is 11.3 Å². The third-order valence-electron chi connectivity index (χ3n) is 6.43. The molecule has 5 rings (SSSR count). The summed E-state index contributed by atoms with van der Waals surface area (Å²) in [6.45, 7) is 13.4. The van der Waals surface area contributed by atoms with Crippen LogP contribution in [-0.4, -0.2) is 56.7 Å². The van der Waals surface area contributed by atoms with Gasteiger partial charge in [-0.05, 0) is 44.4 Å². The molecule has 7 nitrogen and oxygen atoms in total. The Kier molecular flexibility index (Phi) is 6.29. The van der Waals surface area contributed by atoms with Crippen LogP contribution in [0.1, 0.15) is 62.3 Å². The summed E-state index contributed by atoms with van der Waals surface area (Å²) in [5, 5.41) is 5.48. The van der Waals surface area contributed by atoms with Gasteiger partial charge in [0, 0.05) is 48.3 Å². The number of benzene rings is 1. The molecule has 1 fully saturated rings. The topological polar surface area (TPSA) is 73.1 Å². The molecule has 8 heteroatoms. The highest BCUT2D eigenvalue weighted by atomic mass is 32.1. The Bertz CT molecular complexity index is 1210. The number of rotatable bonds is 7. The van der Waals surface area contributed by atoms with Crippen LogP contribution in [0, 0.1) is 12.8 Å². The van der Waals surface area contributed by atoms with Gasteiger partial charge in [-0.2, -0.15) is 5.10 Å². The molecule has 1 saturated heterocycles. The number of carbonyl (C=O) groups excluding carboxylic acids is 1. The van der Waals surface area contributed by atoms with Crippen molar-refractivity contribution in [2.45, 2.75) is 59.4 Å². The molecule has 0 aliphatic carbocycles. The summed E-state index contributed by atoms with van der Waals surface area (Å²) < 4.78 is 8.12. The highest BCUT2D eigenvalue weighted by Gasteiger charge is 2.31. The SMILES string of the molecule is Cc1nc(-c2nc3c(s2)CCOc2cc(C4CN(CC(=O)CC(C)C)C4)ccc2-3)n(C(C)C)n1. The van der Waals surface area contributed by atoms with Crippen molar-refractivity contribution in [2.75, 3.05) is 26.2 Å². The molecular weight excluding hydrogens is 446 g/mol. The van der Waals surface area contributed by atoms with Crippen molar-refractivity contribution in [2.24, 2.45) is 5.92 Å². The molecule has 34 heavy (non-hydrogen) atoms. The predicted molar refractivity (Wildman–Crippen MR) is 135 cm³/mol. The first-order valence-electron chi connectivity index (χ1n) is 12.2. The predicted octanol–water partition coefficient (Wildman–Crippen LogP) is 4.91. The van der Waals surface area contributed by atoms with Crippen molar-refractivity contribution >= 4 is 17.1 Å². The van der Waals surface area contributed by atoms with Crippen molar-refractivity contribution in [3.05, 3.63) is 34.5 Å². The second-order valence-corrected chi connectivity index (χ2v) is 11.3. The van der Waals surface area contributed by atoms with Gasteiger partial charge in [-0.15, -0.1) is 11.3 Å². The fourth-order valence-electron chi connectivity index (χ4n) is 4.80. The van der Waals surface area contributed by atoms with Gasteiger partial charge in [0.05, 0.1) is 18.8 Å². The lowest BCUT2D eigenvalue weighted by Crippen LogP contribution is -2.47. The van der Waals surface area contributed by atoms with Crippen LogP contribution >= 0.6 is 11.3 Å². The summed E-state index contributed by atoms with van der Waals surface area (Å²) >= 11 is 1.69. The van der Waals surface area contributed by atoms with E-state index in [1.165, 1.54) is 10.4 Å². The monoisotopic (exact) mass is 479 g/mol. The molecule has 4 heterocycles. The second kappa shape index (κ2) is 9.23. The molecule has 0 spiro atoms. The van der Waals surface area contributed by atoms with Crippen LogP contribution in [0.4, 0.5) is 0 Å². The number of ether oxygens (including phenoxy) is 1. The molecule has 0 bridgehead atoms. The van der Waals surface area contributed by atoms with Gasteiger partial charge in [-0.3, -0.25) is 9.69 Å². The minimum absolute atomic E-state index is 0.223. The average molecular weight is 480 g/mol. The maximum Gasteiger partial charge on any atom is 0.187 e. The molecule has 0 radical (unpaired) electrons. The fourth-order valence-corrected chi connectivity index (χ4v) is 5.84. The number of aryl methyl sites for hydroxylation is 1. The van der Waals surface area contributed by atoms with E-state index in [-0.39, 0.29) is 6.04 Å². The zero-order valence-electron chi connectivity index (χ0n) is 20.7. The van der Waals surface area contributed by atoms with E-state index in [0.717, 1.165) is 53.2 Å². The smallest absolute Gasteiger partial charge is 0.187 e. The van der Waals surface area contributed by atoms with Gasteiger partial charge in [0.2, 0.25) is 0 Å². The highest BCUT2D eigenvalue weighted by molar-refractivity contribution is 7.15. The molecular formula is C26H33N5O2S. The van der Waals surface area contributed by atoms with Gasteiger partial charge in [-0.25, -0.2) is 14.6 Å². The first-order valence-corrected chi connectivity index (χ1v) is 13.0. The Morgan fingerprint density at radius 1 is 1.21 bits per heavy atom. The number of ketones is 1. The van der Waals surface area contributed by atoms with E-state index < -0.39 is 0 Å². The van der Waals surface area contributed by atoms with Crippen LogP contribution in [-0.2, 0) is 11.2 Å². The molecule has 0 amide bonds. The number of Topliss-reactive ketones (excluding diaryl/α,β-unsaturated/α-hetero) is 1. The lowest BCUT2D eigenvalue weighted by molar-refractivity contribution is -0.121. The van der Waals surface area contributed by atoms with Gasteiger partial charge in [-0.1, -0.05) is 19.9 Å². The first-order chi connectivity index (χ1) is 16.3. The zero-order chi connectivity index (χ0) is 24.0. The van der Waals surface area contributed by atoms with Gasteiger partial charge in [0.25, 0.3) is 0 Å². The Hall–Kier alpha value is -2.58. The molecule has 0 saturated carbocycles. The molecule has 1 aromatic carbocycles. The summed E-state index contributed by atoms with van der Waals surface area (Å²) in [6, 6.07) is 6.77. The molecule has 2 aromatic heterocycles. The third kappa shape index (κ3) is 4.53. The normalized spacial score (nSPS) is 16.2. The maximum atomic E-state index is 12.1. The Labute approximate surface area is 205 Å². The molecule has 0 N–H and O–H groups in total. The van der Waals surface area contributed by atoms with E-state index in [9.17, 15) is 4.79 Å². The maximum absolute atomic E-state index is 12.1. The van der Waals surface area contributed by atoms with E-state index >= 15 is 0 Å². The van der Waals surface area contributed by atoms with E-state index in [4.69, 9.17) is 9.72 Å². The molecule has 0 atom stereocenters. The van der Waals surface area contributed by atoms with Crippen molar-refractivity contribution < 1.29 is 9.53 Å². The van der Waals surface area contributed by atoms with E-state index in [2.05, 4.69) is 60.9 Å². The Morgan fingerprint density at radius 3 is 2.74 bits per heavy atom. The molecule has 2 aliphatic rings. The minimum Gasteiger partial charge on any atom is -0.492 e. The van der Waals surface area contributed by atoms with E-state index in [1.807, 2.05) is 11.6 Å². The number of hydrogen-bond acceptors (Lipinski definition) is 7. The van der Waals surface area contributed by atoms with Crippen molar-refractivity contribution in [1.29, 1.82) is 0 Å². The quantitative estimate of drug-likeness (QED) is 0.480. The van der Waals surface area contributed by atoms with Gasteiger partial charge < -0.3 is 4.74 Å². The summed E-state index contributed by atoms with van der Waals surface area (Å²) in [5.41, 5.74) is 3.33. The largest absolute Gasteiger partial charge is 0.492 e. The van der Waals surface area contributed by atoms with Gasteiger partial charge >= 0.3 is 0 Å². The van der Waals surface area contributed by atoms with E-state index in [0.29, 0.717) is 37.2 Å². The molecule has 180 valence electrons. The summed E-state index contributed by atoms with van der Waals surface area (Å²) in [6.07, 6.45) is 1.50. The van der Waals surface area contributed by atoms with Crippen LogP contribution < -0.4 is 4.74 Å². The average Bonchev–Trinajstić information content (AvgIpc) is 3.29. The van der Waals surface area contributed by atoms with Crippen LogP contribution in [0.2, 0.25) is 0 Å². The number of hydrogen-bond donors (Lipinski definition) is 0. The third-order valence-corrected chi connectivity index (χ3v) is 7.54. The van der Waals surface area contributed by atoms with Crippen LogP contribution in [0.3, 0.4) is 0 Å². The number of thiazole rings is 1. The van der Waals surface area contributed by atoms with Crippen molar-refractivity contribution in [3.8, 4) is 27.8 Å². The molecule has 3 aromatic rings. The zero-order valence-corrected chi connectivity index (χ0v) is 21.5. The van der Waals surface area contributed by atoms with Gasteiger partial charge in [0.1, 0.15) is 17.4 Å². The number of fused-ring (bicyclic) bond motifs is 3. The fraction of sp³-hybridized carbons (Fsp3) is 0.538. The summed E-state index contributed by atoms with van der Waals surface area (Å²) in [4.78, 5) is 25.3. The van der Waals surface area contributed by atoms with Crippen LogP contribution in [0.25, 0.3) is 22.1 Å². The molecule has 0 unspecified atom stereocenters. The number of nitrogens with zero attached hydrogens (tertiary/aromatic N) is 5.